The summed E-state index contributed by atoms with van der Waals surface area (Å²) in [6.07, 6.45) is 2.12. The van der Waals surface area contributed by atoms with Crippen LogP contribution in [0.3, 0.4) is 0 Å². The third kappa shape index (κ3) is 4.05. The highest BCUT2D eigenvalue weighted by Gasteiger charge is 2.37. The van der Waals surface area contributed by atoms with Crippen LogP contribution < -0.4 is 10.1 Å². The SMILES string of the molecule is O=C1CCCC2=C1C(c1cccc(OCc3ccccc3)c1)n1nc(-c3cccc(O)c3)nc1N2. The highest BCUT2D eigenvalue weighted by molar-refractivity contribution is 5.99. The Hall–Kier alpha value is -4.39. The first-order valence-electron chi connectivity index (χ1n) is 11.7. The Labute approximate surface area is 202 Å². The van der Waals surface area contributed by atoms with E-state index in [0.717, 1.165) is 41.0 Å². The van der Waals surface area contributed by atoms with Crippen LogP contribution in [0.1, 0.15) is 36.4 Å². The van der Waals surface area contributed by atoms with Crippen molar-refractivity contribution in [1.82, 2.24) is 14.8 Å². The van der Waals surface area contributed by atoms with Gasteiger partial charge in [0.15, 0.2) is 11.6 Å². The lowest BCUT2D eigenvalue weighted by molar-refractivity contribution is -0.116. The van der Waals surface area contributed by atoms with Crippen LogP contribution in [0.15, 0.2) is 90.1 Å². The van der Waals surface area contributed by atoms with Gasteiger partial charge in [-0.25, -0.2) is 4.68 Å². The number of rotatable bonds is 5. The molecule has 2 N–H and O–H groups in total. The van der Waals surface area contributed by atoms with E-state index in [1.807, 2.05) is 60.7 Å². The molecular formula is C28H24N4O3. The van der Waals surface area contributed by atoms with E-state index in [0.29, 0.717) is 30.4 Å². The molecule has 1 unspecified atom stereocenters. The first-order chi connectivity index (χ1) is 17.2. The van der Waals surface area contributed by atoms with E-state index >= 15 is 0 Å². The maximum Gasteiger partial charge on any atom is 0.226 e. The molecule has 0 bridgehead atoms. The number of hydrogen-bond acceptors (Lipinski definition) is 6. The summed E-state index contributed by atoms with van der Waals surface area (Å²) in [7, 11) is 0. The number of benzene rings is 3. The molecule has 0 saturated carbocycles. The molecule has 0 saturated heterocycles. The minimum absolute atomic E-state index is 0.124. The number of fused-ring (bicyclic) bond motifs is 1. The van der Waals surface area contributed by atoms with Crippen molar-refractivity contribution in [3.63, 3.8) is 0 Å². The van der Waals surface area contributed by atoms with Crippen LogP contribution in [-0.2, 0) is 11.4 Å². The fraction of sp³-hybridized carbons (Fsp3) is 0.179. The molecule has 1 atom stereocenters. The van der Waals surface area contributed by atoms with Crippen molar-refractivity contribution >= 4 is 11.7 Å². The summed E-state index contributed by atoms with van der Waals surface area (Å²) in [5, 5.41) is 18.1. The van der Waals surface area contributed by atoms with Crippen molar-refractivity contribution in [2.24, 2.45) is 0 Å². The molecule has 2 aliphatic rings. The molecule has 3 aromatic carbocycles. The molecule has 1 aliphatic carbocycles. The van der Waals surface area contributed by atoms with Crippen molar-refractivity contribution in [3.8, 4) is 22.9 Å². The van der Waals surface area contributed by atoms with Crippen LogP contribution in [0.4, 0.5) is 5.95 Å². The topological polar surface area (TPSA) is 89.3 Å². The number of ether oxygens (including phenoxy) is 1. The quantitative estimate of drug-likeness (QED) is 0.419. The fourth-order valence-corrected chi connectivity index (χ4v) is 4.75. The number of carbonyl (C=O) groups is 1. The Morgan fingerprint density at radius 2 is 1.86 bits per heavy atom. The average Bonchev–Trinajstić information content (AvgIpc) is 3.31. The van der Waals surface area contributed by atoms with Gasteiger partial charge in [-0.1, -0.05) is 54.6 Å². The second-order valence-electron chi connectivity index (χ2n) is 8.80. The van der Waals surface area contributed by atoms with Gasteiger partial charge in [0, 0.05) is 23.3 Å². The molecule has 0 spiro atoms. The van der Waals surface area contributed by atoms with E-state index in [-0.39, 0.29) is 11.5 Å². The van der Waals surface area contributed by atoms with Crippen LogP contribution in [0, 0.1) is 0 Å². The van der Waals surface area contributed by atoms with Gasteiger partial charge >= 0.3 is 0 Å². The van der Waals surface area contributed by atoms with E-state index in [1.165, 1.54) is 0 Å². The van der Waals surface area contributed by atoms with Gasteiger partial charge in [0.1, 0.15) is 24.1 Å². The van der Waals surface area contributed by atoms with Crippen molar-refractivity contribution in [3.05, 3.63) is 101 Å². The van der Waals surface area contributed by atoms with Crippen LogP contribution in [0.25, 0.3) is 11.4 Å². The van der Waals surface area contributed by atoms with Crippen LogP contribution >= 0.6 is 0 Å². The summed E-state index contributed by atoms with van der Waals surface area (Å²) >= 11 is 0. The number of allylic oxidation sites excluding steroid dienone is 2. The number of hydrogen-bond donors (Lipinski definition) is 2. The predicted octanol–water partition coefficient (Wildman–Crippen LogP) is 5.25. The Kier molecular flexibility index (Phi) is 5.29. The van der Waals surface area contributed by atoms with E-state index in [1.54, 1.807) is 22.9 Å². The Morgan fingerprint density at radius 3 is 2.71 bits per heavy atom. The molecule has 0 amide bonds. The zero-order chi connectivity index (χ0) is 23.8. The molecule has 0 fully saturated rings. The van der Waals surface area contributed by atoms with Crippen LogP contribution in [0.2, 0.25) is 0 Å². The lowest BCUT2D eigenvalue weighted by Crippen LogP contribution is -2.31. The number of carbonyl (C=O) groups excluding carboxylic acids is 1. The largest absolute Gasteiger partial charge is 0.508 e. The van der Waals surface area contributed by atoms with E-state index in [4.69, 9.17) is 14.8 Å². The van der Waals surface area contributed by atoms with Gasteiger partial charge in [0.2, 0.25) is 5.95 Å². The first-order valence-corrected chi connectivity index (χ1v) is 11.7. The number of phenols is 1. The summed E-state index contributed by atoms with van der Waals surface area (Å²) in [6, 6.07) is 24.3. The summed E-state index contributed by atoms with van der Waals surface area (Å²) in [5.74, 6) is 2.06. The van der Waals surface area contributed by atoms with Crippen molar-refractivity contribution in [1.29, 1.82) is 0 Å². The van der Waals surface area contributed by atoms with Gasteiger partial charge in [0.25, 0.3) is 0 Å². The number of anilines is 1. The molecule has 0 radical (unpaired) electrons. The number of phenolic OH excluding ortho intramolecular Hbond substituents is 1. The average molecular weight is 465 g/mol. The number of nitrogens with one attached hydrogen (secondary N) is 1. The Bertz CT molecular complexity index is 1440. The second kappa shape index (κ2) is 8.76. The number of aromatic hydroxyl groups is 1. The summed E-state index contributed by atoms with van der Waals surface area (Å²) < 4.78 is 7.85. The monoisotopic (exact) mass is 464 g/mol. The molecule has 7 nitrogen and oxygen atoms in total. The van der Waals surface area contributed by atoms with Gasteiger partial charge in [-0.3, -0.25) is 4.79 Å². The molecule has 174 valence electrons. The minimum Gasteiger partial charge on any atom is -0.508 e. The zero-order valence-corrected chi connectivity index (χ0v) is 19.0. The second-order valence-corrected chi connectivity index (χ2v) is 8.80. The van der Waals surface area contributed by atoms with Gasteiger partial charge in [0.05, 0.1) is 0 Å². The number of Topliss-reactive ketones (excluding diaryl/α,β-unsaturated/α-hetero) is 1. The van der Waals surface area contributed by atoms with Gasteiger partial charge in [-0.05, 0) is 48.2 Å². The highest BCUT2D eigenvalue weighted by atomic mass is 16.5. The molecule has 4 aromatic rings. The van der Waals surface area contributed by atoms with Crippen molar-refractivity contribution in [2.45, 2.75) is 31.9 Å². The predicted molar refractivity (Wildman–Crippen MR) is 132 cm³/mol. The van der Waals surface area contributed by atoms with Gasteiger partial charge in [-0.2, -0.15) is 4.98 Å². The van der Waals surface area contributed by atoms with Gasteiger partial charge < -0.3 is 15.2 Å². The standard InChI is InChI=1S/C28H24N4O3/c33-21-11-4-10-20(15-21)27-30-28-29-23-13-6-14-24(34)25(23)26(32(28)31-27)19-9-5-12-22(16-19)35-17-18-7-2-1-3-8-18/h1-5,7-12,15-16,26,33H,6,13-14,17H2,(H,29,30,31). The van der Waals surface area contributed by atoms with Crippen LogP contribution in [0.5, 0.6) is 11.5 Å². The maximum absolute atomic E-state index is 13.1. The fourth-order valence-electron chi connectivity index (χ4n) is 4.75. The van der Waals surface area contributed by atoms with Crippen molar-refractivity contribution < 1.29 is 14.6 Å². The summed E-state index contributed by atoms with van der Waals surface area (Å²) in [6.45, 7) is 0.458. The molecule has 6 rings (SSSR count). The molecule has 35 heavy (non-hydrogen) atoms. The van der Waals surface area contributed by atoms with Crippen LogP contribution in [-0.4, -0.2) is 25.7 Å². The lowest BCUT2D eigenvalue weighted by Gasteiger charge is -2.32. The third-order valence-electron chi connectivity index (χ3n) is 6.39. The molecule has 7 heteroatoms. The van der Waals surface area contributed by atoms with Crippen molar-refractivity contribution in [2.75, 3.05) is 5.32 Å². The smallest absolute Gasteiger partial charge is 0.226 e. The Morgan fingerprint density at radius 1 is 1.00 bits per heavy atom. The summed E-state index contributed by atoms with van der Waals surface area (Å²) in [5.41, 5.74) is 4.34. The number of nitrogens with zero attached hydrogens (tertiary/aromatic N) is 3. The maximum atomic E-state index is 13.1. The zero-order valence-electron chi connectivity index (χ0n) is 19.0. The van der Waals surface area contributed by atoms with E-state index in [2.05, 4.69) is 5.32 Å². The summed E-state index contributed by atoms with van der Waals surface area (Å²) in [4.78, 5) is 17.8. The number of aromatic nitrogens is 3. The minimum atomic E-state index is -0.409. The third-order valence-corrected chi connectivity index (χ3v) is 6.39. The highest BCUT2D eigenvalue weighted by Crippen LogP contribution is 2.41. The molecule has 1 aliphatic heterocycles. The normalized spacial score (nSPS) is 16.9. The Balaban J connectivity index is 1.40. The molecule has 1 aromatic heterocycles. The first kappa shape index (κ1) is 21.2. The van der Waals surface area contributed by atoms with E-state index < -0.39 is 6.04 Å². The van der Waals surface area contributed by atoms with Gasteiger partial charge in [-0.15, -0.1) is 5.10 Å². The molecular weight excluding hydrogens is 440 g/mol. The lowest BCUT2D eigenvalue weighted by atomic mass is 9.85. The van der Waals surface area contributed by atoms with E-state index in [9.17, 15) is 9.90 Å². The molecule has 2 heterocycles. The number of ketones is 1.